The van der Waals surface area contributed by atoms with Gasteiger partial charge in [0, 0.05) is 32.6 Å². The van der Waals surface area contributed by atoms with Crippen LogP contribution in [0, 0.1) is 0 Å². The second-order valence-electron chi connectivity index (χ2n) is 6.20. The molecule has 1 aromatic rings. The molecule has 0 saturated carbocycles. The normalized spacial score (nSPS) is 17.5. The highest BCUT2D eigenvalue weighted by Gasteiger charge is 2.22. The third kappa shape index (κ3) is 4.35. The minimum atomic E-state index is -0.336. The van der Waals surface area contributed by atoms with Crippen molar-refractivity contribution in [3.05, 3.63) is 23.8 Å². The molecule has 2 heterocycles. The fraction of sp³-hybridized carbons (Fsp3) is 0.556. The van der Waals surface area contributed by atoms with Gasteiger partial charge in [0.2, 0.25) is 5.91 Å². The van der Waals surface area contributed by atoms with Crippen molar-refractivity contribution in [2.75, 3.05) is 46.5 Å². The number of methoxy groups -OCH3 is 1. The van der Waals surface area contributed by atoms with E-state index in [1.807, 2.05) is 23.1 Å². The topological polar surface area (TPSA) is 68.3 Å². The van der Waals surface area contributed by atoms with E-state index in [0.29, 0.717) is 51.6 Å². The van der Waals surface area contributed by atoms with Crippen molar-refractivity contribution in [2.24, 2.45) is 0 Å². The summed E-state index contributed by atoms with van der Waals surface area (Å²) < 4.78 is 16.1. The molecule has 0 bridgehead atoms. The predicted molar refractivity (Wildman–Crippen MR) is 90.9 cm³/mol. The van der Waals surface area contributed by atoms with E-state index >= 15 is 0 Å². The standard InChI is InChI=1S/C18H24N2O5/c1-23-18(22)20-7-2-6-19(8-9-20)17(21)13-14-4-5-15-16(12-14)25-11-3-10-24-15/h4-5,12H,2-3,6-11,13H2,1H3. The van der Waals surface area contributed by atoms with Crippen LogP contribution in [-0.2, 0) is 16.0 Å². The number of nitrogens with zero attached hydrogens (tertiary/aromatic N) is 2. The van der Waals surface area contributed by atoms with E-state index < -0.39 is 0 Å². The minimum absolute atomic E-state index is 0.0567. The average Bonchev–Trinajstić information content (AvgIpc) is 3.01. The summed E-state index contributed by atoms with van der Waals surface area (Å²) in [5.74, 6) is 1.49. The molecule has 0 atom stereocenters. The third-order valence-electron chi connectivity index (χ3n) is 4.45. The van der Waals surface area contributed by atoms with Crippen LogP contribution in [0.5, 0.6) is 11.5 Å². The van der Waals surface area contributed by atoms with E-state index in [4.69, 9.17) is 14.2 Å². The Morgan fingerprint density at radius 1 is 1.00 bits per heavy atom. The number of hydrogen-bond donors (Lipinski definition) is 0. The van der Waals surface area contributed by atoms with Crippen molar-refractivity contribution >= 4 is 12.0 Å². The van der Waals surface area contributed by atoms with E-state index in [1.165, 1.54) is 7.11 Å². The summed E-state index contributed by atoms with van der Waals surface area (Å²) >= 11 is 0. The van der Waals surface area contributed by atoms with Crippen molar-refractivity contribution in [3.63, 3.8) is 0 Å². The summed E-state index contributed by atoms with van der Waals surface area (Å²) in [6.45, 7) is 3.56. The highest BCUT2D eigenvalue weighted by Crippen LogP contribution is 2.30. The van der Waals surface area contributed by atoms with E-state index in [1.54, 1.807) is 4.90 Å². The summed E-state index contributed by atoms with van der Waals surface area (Å²) in [7, 11) is 1.38. The molecule has 2 aliphatic heterocycles. The molecule has 2 amide bonds. The van der Waals surface area contributed by atoms with Gasteiger partial charge in [-0.25, -0.2) is 4.79 Å². The molecule has 136 valence electrons. The van der Waals surface area contributed by atoms with Crippen LogP contribution in [0.25, 0.3) is 0 Å². The molecule has 1 saturated heterocycles. The number of ether oxygens (including phenoxy) is 3. The Morgan fingerprint density at radius 3 is 2.52 bits per heavy atom. The molecule has 1 aromatic carbocycles. The zero-order chi connectivity index (χ0) is 17.6. The predicted octanol–water partition coefficient (Wildman–Crippen LogP) is 1.69. The summed E-state index contributed by atoms with van der Waals surface area (Å²) in [4.78, 5) is 27.7. The van der Waals surface area contributed by atoms with Crippen molar-refractivity contribution in [2.45, 2.75) is 19.3 Å². The number of rotatable bonds is 2. The second-order valence-corrected chi connectivity index (χ2v) is 6.20. The Morgan fingerprint density at radius 2 is 1.72 bits per heavy atom. The third-order valence-corrected chi connectivity index (χ3v) is 4.45. The van der Waals surface area contributed by atoms with Gasteiger partial charge < -0.3 is 24.0 Å². The molecule has 25 heavy (non-hydrogen) atoms. The lowest BCUT2D eigenvalue weighted by Crippen LogP contribution is -2.37. The Bertz CT molecular complexity index is 634. The van der Waals surface area contributed by atoms with Crippen LogP contribution in [0.2, 0.25) is 0 Å². The Kier molecular flexibility index (Phi) is 5.63. The van der Waals surface area contributed by atoms with E-state index in [2.05, 4.69) is 0 Å². The summed E-state index contributed by atoms with van der Waals surface area (Å²) in [5, 5.41) is 0. The van der Waals surface area contributed by atoms with Crippen molar-refractivity contribution in [3.8, 4) is 11.5 Å². The smallest absolute Gasteiger partial charge is 0.409 e. The maximum absolute atomic E-state index is 12.6. The first kappa shape index (κ1) is 17.4. The highest BCUT2D eigenvalue weighted by molar-refractivity contribution is 5.79. The van der Waals surface area contributed by atoms with Crippen molar-refractivity contribution in [1.82, 2.24) is 9.80 Å². The number of carbonyl (C=O) groups excluding carboxylic acids is 2. The van der Waals surface area contributed by atoms with Gasteiger partial charge in [0.25, 0.3) is 0 Å². The monoisotopic (exact) mass is 348 g/mol. The van der Waals surface area contributed by atoms with Gasteiger partial charge >= 0.3 is 6.09 Å². The van der Waals surface area contributed by atoms with Crippen LogP contribution >= 0.6 is 0 Å². The quantitative estimate of drug-likeness (QED) is 0.814. The highest BCUT2D eigenvalue weighted by atomic mass is 16.5. The van der Waals surface area contributed by atoms with E-state index in [-0.39, 0.29) is 12.0 Å². The number of carbonyl (C=O) groups is 2. The van der Waals surface area contributed by atoms with Gasteiger partial charge in [0.15, 0.2) is 11.5 Å². The molecule has 0 N–H and O–H groups in total. The lowest BCUT2D eigenvalue weighted by atomic mass is 10.1. The maximum Gasteiger partial charge on any atom is 0.409 e. The molecule has 3 rings (SSSR count). The number of hydrogen-bond acceptors (Lipinski definition) is 5. The number of fused-ring (bicyclic) bond motifs is 1. The molecule has 7 nitrogen and oxygen atoms in total. The SMILES string of the molecule is COC(=O)N1CCCN(C(=O)Cc2ccc3c(c2)OCCCO3)CC1. The second kappa shape index (κ2) is 8.09. The molecule has 2 aliphatic rings. The van der Waals surface area contributed by atoms with Crippen LogP contribution in [0.15, 0.2) is 18.2 Å². The lowest BCUT2D eigenvalue weighted by Gasteiger charge is -2.21. The van der Waals surface area contributed by atoms with Gasteiger partial charge in [-0.05, 0) is 24.1 Å². The molecule has 0 aromatic heterocycles. The van der Waals surface area contributed by atoms with Crippen LogP contribution in [0.1, 0.15) is 18.4 Å². The summed E-state index contributed by atoms with van der Waals surface area (Å²) in [5.41, 5.74) is 0.906. The zero-order valence-electron chi connectivity index (χ0n) is 14.5. The fourth-order valence-electron chi connectivity index (χ4n) is 3.08. The molecule has 7 heteroatoms. The molecule has 0 aliphatic carbocycles. The Labute approximate surface area is 147 Å². The Balaban J connectivity index is 1.60. The molecule has 1 fully saturated rings. The van der Waals surface area contributed by atoms with Gasteiger partial charge in [0.1, 0.15) is 0 Å². The molecular formula is C18H24N2O5. The maximum atomic E-state index is 12.6. The fourth-order valence-corrected chi connectivity index (χ4v) is 3.08. The van der Waals surface area contributed by atoms with Gasteiger partial charge in [-0.1, -0.05) is 6.07 Å². The Hall–Kier alpha value is -2.44. The van der Waals surface area contributed by atoms with Gasteiger partial charge in [-0.15, -0.1) is 0 Å². The van der Waals surface area contributed by atoms with Crippen molar-refractivity contribution < 1.29 is 23.8 Å². The number of benzene rings is 1. The summed E-state index contributed by atoms with van der Waals surface area (Å²) in [6.07, 6.45) is 1.58. The van der Waals surface area contributed by atoms with E-state index in [0.717, 1.165) is 24.2 Å². The first-order chi connectivity index (χ1) is 12.2. The van der Waals surface area contributed by atoms with Gasteiger partial charge in [-0.3, -0.25) is 4.79 Å². The average molecular weight is 348 g/mol. The number of amides is 2. The molecular weight excluding hydrogens is 324 g/mol. The van der Waals surface area contributed by atoms with E-state index in [9.17, 15) is 9.59 Å². The molecule has 0 spiro atoms. The molecule has 0 radical (unpaired) electrons. The largest absolute Gasteiger partial charge is 0.490 e. The lowest BCUT2D eigenvalue weighted by molar-refractivity contribution is -0.130. The van der Waals surface area contributed by atoms with Crippen molar-refractivity contribution in [1.29, 1.82) is 0 Å². The van der Waals surface area contributed by atoms with Gasteiger partial charge in [0.05, 0.1) is 26.7 Å². The first-order valence-corrected chi connectivity index (χ1v) is 8.66. The zero-order valence-corrected chi connectivity index (χ0v) is 14.5. The van der Waals surface area contributed by atoms with Gasteiger partial charge in [-0.2, -0.15) is 0 Å². The summed E-state index contributed by atoms with van der Waals surface area (Å²) in [6, 6.07) is 5.66. The first-order valence-electron chi connectivity index (χ1n) is 8.66. The molecule has 0 unspecified atom stereocenters. The van der Waals surface area contributed by atoms with Crippen LogP contribution in [0.4, 0.5) is 4.79 Å². The van der Waals surface area contributed by atoms with Crippen LogP contribution in [0.3, 0.4) is 0 Å². The van der Waals surface area contributed by atoms with Crippen LogP contribution in [-0.4, -0.2) is 68.3 Å². The van der Waals surface area contributed by atoms with Crippen LogP contribution < -0.4 is 9.47 Å². The minimum Gasteiger partial charge on any atom is -0.490 e.